The van der Waals surface area contributed by atoms with Gasteiger partial charge >= 0.3 is 0 Å². The number of aryl methyl sites for hydroxylation is 1. The van der Waals surface area contributed by atoms with Crippen molar-refractivity contribution in [3.8, 4) is 0 Å². The first-order valence-corrected chi connectivity index (χ1v) is 8.37. The molecule has 2 rings (SSSR count). The predicted molar refractivity (Wildman–Crippen MR) is 80.4 cm³/mol. The molecule has 0 aliphatic carbocycles. The molecule has 0 aliphatic rings. The van der Waals surface area contributed by atoms with Crippen molar-refractivity contribution in [2.45, 2.75) is 28.5 Å². The van der Waals surface area contributed by atoms with Crippen molar-refractivity contribution in [1.82, 2.24) is 0 Å². The van der Waals surface area contributed by atoms with Gasteiger partial charge in [-0.25, -0.2) is 8.42 Å². The summed E-state index contributed by atoms with van der Waals surface area (Å²) in [6.07, 6.45) is 0. The fraction of sp³-hybridized carbons (Fsp3) is 0.200. The highest BCUT2D eigenvalue weighted by molar-refractivity contribution is 9.09. The molecular weight excluding hydrogens is 324 g/mol. The zero-order valence-corrected chi connectivity index (χ0v) is 13.2. The largest absolute Gasteiger partial charge is 0.219 e. The van der Waals surface area contributed by atoms with Crippen LogP contribution in [0.2, 0.25) is 0 Å². The summed E-state index contributed by atoms with van der Waals surface area (Å²) in [5.74, 6) is 0. The molecule has 0 saturated carbocycles. The fourth-order valence-corrected chi connectivity index (χ4v) is 4.01. The second kappa shape index (κ2) is 5.47. The molecule has 0 unspecified atom stereocenters. The van der Waals surface area contributed by atoms with Crippen LogP contribution in [0, 0.1) is 6.92 Å². The summed E-state index contributed by atoms with van der Waals surface area (Å²) in [6.45, 7) is 3.86. The summed E-state index contributed by atoms with van der Waals surface area (Å²) < 4.78 is 25.3. The Kier molecular flexibility index (Phi) is 4.11. The van der Waals surface area contributed by atoms with Crippen molar-refractivity contribution >= 4 is 25.8 Å². The third-order valence-corrected chi connectivity index (χ3v) is 5.31. The van der Waals surface area contributed by atoms with Gasteiger partial charge in [0.05, 0.1) is 9.79 Å². The van der Waals surface area contributed by atoms with Crippen LogP contribution in [-0.4, -0.2) is 8.42 Å². The molecule has 0 fully saturated rings. The van der Waals surface area contributed by atoms with E-state index < -0.39 is 9.84 Å². The quantitative estimate of drug-likeness (QED) is 0.782. The van der Waals surface area contributed by atoms with Crippen molar-refractivity contribution in [2.75, 3.05) is 0 Å². The van der Waals surface area contributed by atoms with Crippen LogP contribution in [0.4, 0.5) is 0 Å². The van der Waals surface area contributed by atoms with Gasteiger partial charge < -0.3 is 0 Å². The number of alkyl halides is 1. The van der Waals surface area contributed by atoms with Crippen molar-refractivity contribution in [1.29, 1.82) is 0 Å². The van der Waals surface area contributed by atoms with E-state index in [1.807, 2.05) is 38.1 Å². The maximum atomic E-state index is 12.6. The molecule has 0 amide bonds. The highest BCUT2D eigenvalue weighted by atomic mass is 79.9. The lowest BCUT2D eigenvalue weighted by molar-refractivity contribution is 0.595. The number of hydrogen-bond donors (Lipinski definition) is 0. The van der Waals surface area contributed by atoms with Crippen LogP contribution in [0.5, 0.6) is 0 Å². The first kappa shape index (κ1) is 14.3. The Hall–Kier alpha value is -1.13. The Balaban J connectivity index is 2.60. The van der Waals surface area contributed by atoms with Crippen LogP contribution in [0.3, 0.4) is 0 Å². The van der Waals surface area contributed by atoms with E-state index in [1.54, 1.807) is 24.3 Å². The molecular formula is C15H15BrO2S. The number of benzene rings is 2. The first-order chi connectivity index (χ1) is 8.93. The maximum Gasteiger partial charge on any atom is 0.206 e. The minimum Gasteiger partial charge on any atom is -0.219 e. The maximum absolute atomic E-state index is 12.6. The van der Waals surface area contributed by atoms with Crippen LogP contribution in [0.25, 0.3) is 0 Å². The molecule has 0 bridgehead atoms. The Labute approximate surface area is 122 Å². The normalized spacial score (nSPS) is 13.2. The summed E-state index contributed by atoms with van der Waals surface area (Å²) in [4.78, 5) is 0.686. The minimum atomic E-state index is -3.46. The number of sulfone groups is 1. The molecule has 0 N–H and O–H groups in total. The van der Waals surface area contributed by atoms with E-state index in [0.29, 0.717) is 9.79 Å². The highest BCUT2D eigenvalue weighted by Crippen LogP contribution is 2.31. The Morgan fingerprint density at radius 2 is 1.58 bits per heavy atom. The van der Waals surface area contributed by atoms with E-state index >= 15 is 0 Å². The van der Waals surface area contributed by atoms with Crippen LogP contribution in [-0.2, 0) is 9.84 Å². The molecule has 4 heteroatoms. The van der Waals surface area contributed by atoms with Gasteiger partial charge in [-0.3, -0.25) is 0 Å². The molecule has 0 saturated heterocycles. The molecule has 1 atom stereocenters. The van der Waals surface area contributed by atoms with Crippen LogP contribution in [0.1, 0.15) is 22.9 Å². The summed E-state index contributed by atoms with van der Waals surface area (Å²) in [6, 6.07) is 14.0. The standard InChI is InChI=1S/C15H15BrO2S/c1-11-7-9-13(10-8-11)19(17,18)15-6-4-3-5-14(15)12(2)16/h3-10,12H,1-2H3/t12-/m1/s1. The minimum absolute atomic E-state index is 0.0103. The zero-order chi connectivity index (χ0) is 14.0. The van der Waals surface area contributed by atoms with Gasteiger partial charge in [-0.1, -0.05) is 51.8 Å². The highest BCUT2D eigenvalue weighted by Gasteiger charge is 2.22. The number of rotatable bonds is 3. The summed E-state index contributed by atoms with van der Waals surface area (Å²) in [7, 11) is -3.46. The van der Waals surface area contributed by atoms with Gasteiger partial charge in [0.2, 0.25) is 9.84 Å². The Bertz CT molecular complexity index is 674. The molecule has 2 aromatic rings. The zero-order valence-electron chi connectivity index (χ0n) is 10.8. The molecule has 2 nitrogen and oxygen atoms in total. The number of halogens is 1. The predicted octanol–water partition coefficient (Wildman–Crippen LogP) is 4.28. The summed E-state index contributed by atoms with van der Waals surface area (Å²) in [5, 5.41) is 0. The second-order valence-corrected chi connectivity index (χ2v) is 7.76. The molecule has 0 heterocycles. The van der Waals surface area contributed by atoms with Crippen LogP contribution in [0.15, 0.2) is 58.3 Å². The third-order valence-electron chi connectivity index (χ3n) is 2.97. The molecule has 0 aliphatic heterocycles. The lowest BCUT2D eigenvalue weighted by atomic mass is 10.2. The monoisotopic (exact) mass is 338 g/mol. The SMILES string of the molecule is Cc1ccc(S(=O)(=O)c2ccccc2[C@@H](C)Br)cc1. The van der Waals surface area contributed by atoms with E-state index in [2.05, 4.69) is 15.9 Å². The lowest BCUT2D eigenvalue weighted by Gasteiger charge is -2.12. The van der Waals surface area contributed by atoms with Gasteiger partial charge in [0, 0.05) is 4.83 Å². The molecule has 2 aromatic carbocycles. The lowest BCUT2D eigenvalue weighted by Crippen LogP contribution is -2.06. The van der Waals surface area contributed by atoms with Crippen molar-refractivity contribution in [3.05, 3.63) is 59.7 Å². The Morgan fingerprint density at radius 1 is 1.00 bits per heavy atom. The molecule has 0 spiro atoms. The second-order valence-electron chi connectivity index (χ2n) is 4.47. The Morgan fingerprint density at radius 3 is 2.16 bits per heavy atom. The van der Waals surface area contributed by atoms with Gasteiger partial charge in [0.1, 0.15) is 0 Å². The average molecular weight is 339 g/mol. The van der Waals surface area contributed by atoms with E-state index in [-0.39, 0.29) is 4.83 Å². The fourth-order valence-electron chi connectivity index (χ4n) is 1.90. The van der Waals surface area contributed by atoms with Gasteiger partial charge in [-0.15, -0.1) is 0 Å². The molecule has 0 radical (unpaired) electrons. The number of hydrogen-bond acceptors (Lipinski definition) is 2. The van der Waals surface area contributed by atoms with Crippen LogP contribution < -0.4 is 0 Å². The van der Waals surface area contributed by atoms with Gasteiger partial charge in [0.25, 0.3) is 0 Å². The van der Waals surface area contributed by atoms with Crippen molar-refractivity contribution in [2.24, 2.45) is 0 Å². The summed E-state index contributed by atoms with van der Waals surface area (Å²) >= 11 is 3.45. The molecule has 0 aromatic heterocycles. The smallest absolute Gasteiger partial charge is 0.206 e. The van der Waals surface area contributed by atoms with Crippen molar-refractivity contribution < 1.29 is 8.42 Å². The topological polar surface area (TPSA) is 34.1 Å². The van der Waals surface area contributed by atoms with Gasteiger partial charge in [-0.2, -0.15) is 0 Å². The third kappa shape index (κ3) is 2.90. The van der Waals surface area contributed by atoms with Gasteiger partial charge in [0.15, 0.2) is 0 Å². The van der Waals surface area contributed by atoms with Crippen LogP contribution >= 0.6 is 15.9 Å². The molecule has 19 heavy (non-hydrogen) atoms. The van der Waals surface area contributed by atoms with E-state index in [0.717, 1.165) is 11.1 Å². The summed E-state index contributed by atoms with van der Waals surface area (Å²) in [5.41, 5.74) is 1.82. The van der Waals surface area contributed by atoms with Gasteiger partial charge in [-0.05, 0) is 37.6 Å². The van der Waals surface area contributed by atoms with E-state index in [4.69, 9.17) is 0 Å². The average Bonchev–Trinajstić information content (AvgIpc) is 2.39. The van der Waals surface area contributed by atoms with E-state index in [9.17, 15) is 8.42 Å². The first-order valence-electron chi connectivity index (χ1n) is 5.97. The van der Waals surface area contributed by atoms with Crippen molar-refractivity contribution in [3.63, 3.8) is 0 Å². The molecule has 100 valence electrons. The van der Waals surface area contributed by atoms with E-state index in [1.165, 1.54) is 0 Å².